The zero-order chi connectivity index (χ0) is 19.4. The summed E-state index contributed by atoms with van der Waals surface area (Å²) in [6, 6.07) is 13.7. The third kappa shape index (κ3) is 4.95. The second-order valence-corrected chi connectivity index (χ2v) is 8.02. The number of hydrogen-bond acceptors (Lipinski definition) is 3. The van der Waals surface area contributed by atoms with E-state index in [4.69, 9.17) is 0 Å². The van der Waals surface area contributed by atoms with Gasteiger partial charge < -0.3 is 16.0 Å². The first-order valence-electron chi connectivity index (χ1n) is 9.30. The molecule has 0 radical (unpaired) electrons. The molecule has 5 nitrogen and oxygen atoms in total. The van der Waals surface area contributed by atoms with Crippen molar-refractivity contribution in [1.29, 1.82) is 0 Å². The van der Waals surface area contributed by atoms with Crippen LogP contribution in [0.1, 0.15) is 53.4 Å². The molecule has 2 aromatic rings. The van der Waals surface area contributed by atoms with E-state index in [1.807, 2.05) is 32.9 Å². The largest absolute Gasteiger partial charge is 0.352 e. The Bertz CT molecular complexity index is 836. The lowest BCUT2D eigenvalue weighted by atomic mass is 9.95. The fourth-order valence-electron chi connectivity index (χ4n) is 2.96. The molecule has 3 N–H and O–H groups in total. The van der Waals surface area contributed by atoms with Crippen molar-refractivity contribution in [2.45, 2.75) is 47.0 Å². The van der Waals surface area contributed by atoms with E-state index in [1.54, 1.807) is 12.1 Å². The molecule has 2 amide bonds. The fraction of sp³-hybridized carbons (Fsp3) is 0.364. The SMILES string of the molecule is CC(C)(C)C(=O)NCc1ccc(C(=O)NCc2ccc3c(c2)CNC3)cc1. The zero-order valence-electron chi connectivity index (χ0n) is 16.2. The molecular formula is C22H27N3O2. The van der Waals surface area contributed by atoms with Crippen LogP contribution in [0.3, 0.4) is 0 Å². The van der Waals surface area contributed by atoms with Crippen LogP contribution < -0.4 is 16.0 Å². The fourth-order valence-corrected chi connectivity index (χ4v) is 2.96. The molecular weight excluding hydrogens is 338 g/mol. The highest BCUT2D eigenvalue weighted by atomic mass is 16.2. The average molecular weight is 365 g/mol. The van der Waals surface area contributed by atoms with E-state index in [0.29, 0.717) is 18.7 Å². The highest BCUT2D eigenvalue weighted by Gasteiger charge is 2.20. The predicted octanol–water partition coefficient (Wildman–Crippen LogP) is 2.88. The summed E-state index contributed by atoms with van der Waals surface area (Å²) in [4.78, 5) is 24.3. The molecule has 1 aliphatic heterocycles. The minimum atomic E-state index is -0.409. The van der Waals surface area contributed by atoms with Gasteiger partial charge in [-0.1, -0.05) is 51.1 Å². The molecule has 2 aromatic carbocycles. The van der Waals surface area contributed by atoms with Gasteiger partial charge >= 0.3 is 0 Å². The summed E-state index contributed by atoms with van der Waals surface area (Å²) in [5, 5.41) is 9.20. The van der Waals surface area contributed by atoms with Gasteiger partial charge in [0.1, 0.15) is 0 Å². The molecule has 0 bridgehead atoms. The van der Waals surface area contributed by atoms with Crippen molar-refractivity contribution in [3.63, 3.8) is 0 Å². The van der Waals surface area contributed by atoms with E-state index >= 15 is 0 Å². The summed E-state index contributed by atoms with van der Waals surface area (Å²) in [6.45, 7) is 8.43. The van der Waals surface area contributed by atoms with Crippen LogP contribution in [0.25, 0.3) is 0 Å². The lowest BCUT2D eigenvalue weighted by Gasteiger charge is -2.17. The van der Waals surface area contributed by atoms with Gasteiger partial charge in [0.15, 0.2) is 0 Å². The highest BCUT2D eigenvalue weighted by Crippen LogP contribution is 2.17. The van der Waals surface area contributed by atoms with Gasteiger partial charge in [0.2, 0.25) is 5.91 Å². The third-order valence-electron chi connectivity index (χ3n) is 4.71. The standard InChI is InChI=1S/C22H27N3O2/c1-22(2,3)21(27)25-11-15-4-7-17(8-5-15)20(26)24-12-16-6-9-18-13-23-14-19(18)10-16/h4-10,23H,11-14H2,1-3H3,(H,24,26)(H,25,27). The number of hydrogen-bond donors (Lipinski definition) is 3. The molecule has 0 atom stereocenters. The molecule has 5 heteroatoms. The van der Waals surface area contributed by atoms with Crippen molar-refractivity contribution in [2.75, 3.05) is 0 Å². The smallest absolute Gasteiger partial charge is 0.251 e. The minimum absolute atomic E-state index is 0.00821. The number of carbonyl (C=O) groups excluding carboxylic acids is 2. The second-order valence-electron chi connectivity index (χ2n) is 8.02. The Balaban J connectivity index is 1.52. The van der Waals surface area contributed by atoms with Crippen LogP contribution in [0, 0.1) is 5.41 Å². The lowest BCUT2D eigenvalue weighted by molar-refractivity contribution is -0.128. The first-order valence-corrected chi connectivity index (χ1v) is 9.30. The Hall–Kier alpha value is -2.66. The monoisotopic (exact) mass is 365 g/mol. The van der Waals surface area contributed by atoms with E-state index < -0.39 is 5.41 Å². The molecule has 0 saturated carbocycles. The number of benzene rings is 2. The highest BCUT2D eigenvalue weighted by molar-refractivity contribution is 5.94. The first-order chi connectivity index (χ1) is 12.8. The van der Waals surface area contributed by atoms with Gasteiger partial charge in [0.25, 0.3) is 5.91 Å². The van der Waals surface area contributed by atoms with Crippen LogP contribution in [0.2, 0.25) is 0 Å². The van der Waals surface area contributed by atoms with Gasteiger partial charge in [-0.2, -0.15) is 0 Å². The molecule has 27 heavy (non-hydrogen) atoms. The van der Waals surface area contributed by atoms with Gasteiger partial charge in [-0.3, -0.25) is 9.59 Å². The molecule has 1 heterocycles. The first kappa shape index (κ1) is 19.1. The Morgan fingerprint density at radius 3 is 2.22 bits per heavy atom. The topological polar surface area (TPSA) is 70.2 Å². The maximum absolute atomic E-state index is 12.4. The van der Waals surface area contributed by atoms with Gasteiger partial charge in [-0.25, -0.2) is 0 Å². The molecule has 0 spiro atoms. The Morgan fingerprint density at radius 2 is 1.52 bits per heavy atom. The quantitative estimate of drug-likeness (QED) is 0.763. The summed E-state index contributed by atoms with van der Waals surface area (Å²) >= 11 is 0. The number of rotatable bonds is 5. The van der Waals surface area contributed by atoms with E-state index in [2.05, 4.69) is 34.1 Å². The minimum Gasteiger partial charge on any atom is -0.352 e. The van der Waals surface area contributed by atoms with Crippen LogP contribution in [0.5, 0.6) is 0 Å². The Morgan fingerprint density at radius 1 is 0.889 bits per heavy atom. The molecule has 0 unspecified atom stereocenters. The molecule has 0 aliphatic carbocycles. The van der Waals surface area contributed by atoms with Crippen molar-refractivity contribution in [3.8, 4) is 0 Å². The number of fused-ring (bicyclic) bond motifs is 1. The summed E-state index contributed by atoms with van der Waals surface area (Å²) in [6.07, 6.45) is 0. The Labute approximate surface area is 160 Å². The van der Waals surface area contributed by atoms with Gasteiger partial charge in [0, 0.05) is 37.2 Å². The van der Waals surface area contributed by atoms with Crippen molar-refractivity contribution < 1.29 is 9.59 Å². The van der Waals surface area contributed by atoms with Gasteiger partial charge in [0.05, 0.1) is 0 Å². The van der Waals surface area contributed by atoms with Crippen LogP contribution in [0.15, 0.2) is 42.5 Å². The van der Waals surface area contributed by atoms with Crippen LogP contribution in [-0.4, -0.2) is 11.8 Å². The van der Waals surface area contributed by atoms with E-state index in [0.717, 1.165) is 24.2 Å². The van der Waals surface area contributed by atoms with Crippen molar-refractivity contribution in [3.05, 3.63) is 70.3 Å². The van der Waals surface area contributed by atoms with Crippen LogP contribution in [-0.2, 0) is 31.0 Å². The summed E-state index contributed by atoms with van der Waals surface area (Å²) in [5.74, 6) is -0.0900. The van der Waals surface area contributed by atoms with Crippen molar-refractivity contribution in [1.82, 2.24) is 16.0 Å². The van der Waals surface area contributed by atoms with E-state index in [9.17, 15) is 9.59 Å². The number of nitrogens with one attached hydrogen (secondary N) is 3. The molecule has 0 aromatic heterocycles. The average Bonchev–Trinajstić information content (AvgIpc) is 3.11. The number of carbonyl (C=O) groups is 2. The molecule has 142 valence electrons. The van der Waals surface area contributed by atoms with E-state index in [1.165, 1.54) is 11.1 Å². The van der Waals surface area contributed by atoms with Crippen LogP contribution in [0.4, 0.5) is 0 Å². The lowest BCUT2D eigenvalue weighted by Crippen LogP contribution is -2.34. The summed E-state index contributed by atoms with van der Waals surface area (Å²) in [5.41, 5.74) is 4.92. The van der Waals surface area contributed by atoms with Crippen molar-refractivity contribution in [2.24, 2.45) is 5.41 Å². The van der Waals surface area contributed by atoms with E-state index in [-0.39, 0.29) is 11.8 Å². The summed E-state index contributed by atoms with van der Waals surface area (Å²) in [7, 11) is 0. The molecule has 0 fully saturated rings. The maximum atomic E-state index is 12.4. The zero-order valence-corrected chi connectivity index (χ0v) is 16.2. The van der Waals surface area contributed by atoms with Crippen LogP contribution >= 0.6 is 0 Å². The van der Waals surface area contributed by atoms with Gasteiger partial charge in [-0.05, 0) is 34.4 Å². The maximum Gasteiger partial charge on any atom is 0.251 e. The predicted molar refractivity (Wildman–Crippen MR) is 106 cm³/mol. The van der Waals surface area contributed by atoms with Crippen molar-refractivity contribution >= 4 is 11.8 Å². The number of amides is 2. The summed E-state index contributed by atoms with van der Waals surface area (Å²) < 4.78 is 0. The third-order valence-corrected chi connectivity index (χ3v) is 4.71. The van der Waals surface area contributed by atoms with Gasteiger partial charge in [-0.15, -0.1) is 0 Å². The molecule has 0 saturated heterocycles. The second kappa shape index (κ2) is 7.92. The molecule has 1 aliphatic rings. The molecule has 3 rings (SSSR count). The Kier molecular flexibility index (Phi) is 5.61. The normalized spacial score (nSPS) is 13.1.